The van der Waals surface area contributed by atoms with Gasteiger partial charge in [0.15, 0.2) is 0 Å². The minimum absolute atomic E-state index is 0.177. The van der Waals surface area contributed by atoms with E-state index >= 15 is 0 Å². The summed E-state index contributed by atoms with van der Waals surface area (Å²) in [5, 5.41) is 10.3. The number of hydrogen-bond donors (Lipinski definition) is 1. The minimum Gasteiger partial charge on any atom is -0.389 e. The van der Waals surface area contributed by atoms with Gasteiger partial charge >= 0.3 is 0 Å². The molecule has 0 aliphatic carbocycles. The predicted octanol–water partition coefficient (Wildman–Crippen LogP) is 3.77. The zero-order valence-electron chi connectivity index (χ0n) is 10.7. The van der Waals surface area contributed by atoms with Gasteiger partial charge in [0.05, 0.1) is 16.8 Å². The van der Waals surface area contributed by atoms with E-state index in [0.29, 0.717) is 0 Å². The molecule has 1 aromatic rings. The van der Waals surface area contributed by atoms with Crippen molar-refractivity contribution in [3.63, 3.8) is 0 Å². The van der Waals surface area contributed by atoms with Gasteiger partial charge in [-0.15, -0.1) is 0 Å². The zero-order chi connectivity index (χ0) is 12.6. The first-order valence-electron chi connectivity index (χ1n) is 6.17. The number of anilines is 1. The molecule has 1 saturated heterocycles. The Kier molecular flexibility index (Phi) is 3.37. The van der Waals surface area contributed by atoms with E-state index in [1.54, 1.807) is 6.92 Å². The second-order valence-corrected chi connectivity index (χ2v) is 5.86. The summed E-state index contributed by atoms with van der Waals surface area (Å²) in [6.45, 7) is 7.31. The molecule has 17 heavy (non-hydrogen) atoms. The lowest BCUT2D eigenvalue weighted by molar-refractivity contribution is 0.199. The molecule has 0 aromatic heterocycles. The number of halogens is 1. The highest BCUT2D eigenvalue weighted by molar-refractivity contribution is 6.33. The SMILES string of the molecule is C[C@H](O)c1ccc(N2CCCC2(C)C)c(Cl)c1. The molecule has 0 amide bonds. The average Bonchev–Trinajstić information content (AvgIpc) is 2.58. The normalized spacial score (nSPS) is 20.6. The van der Waals surface area contributed by atoms with Crippen molar-refractivity contribution in [3.05, 3.63) is 28.8 Å². The smallest absolute Gasteiger partial charge is 0.0762 e. The molecule has 2 rings (SSSR count). The molecule has 94 valence electrons. The fourth-order valence-corrected chi connectivity index (χ4v) is 2.85. The van der Waals surface area contributed by atoms with Gasteiger partial charge in [0.2, 0.25) is 0 Å². The molecular weight excluding hydrogens is 234 g/mol. The summed E-state index contributed by atoms with van der Waals surface area (Å²) in [7, 11) is 0. The van der Waals surface area contributed by atoms with E-state index in [9.17, 15) is 5.11 Å². The fraction of sp³-hybridized carbons (Fsp3) is 0.571. The average molecular weight is 254 g/mol. The van der Waals surface area contributed by atoms with E-state index in [0.717, 1.165) is 22.8 Å². The number of benzene rings is 1. The van der Waals surface area contributed by atoms with Crippen molar-refractivity contribution in [1.29, 1.82) is 0 Å². The van der Waals surface area contributed by atoms with Gasteiger partial charge in [-0.2, -0.15) is 0 Å². The van der Waals surface area contributed by atoms with Crippen LogP contribution in [-0.4, -0.2) is 17.2 Å². The van der Waals surface area contributed by atoms with Crippen molar-refractivity contribution in [2.75, 3.05) is 11.4 Å². The van der Waals surface area contributed by atoms with Crippen LogP contribution in [0.2, 0.25) is 5.02 Å². The molecule has 0 unspecified atom stereocenters. The molecule has 3 heteroatoms. The lowest BCUT2D eigenvalue weighted by Gasteiger charge is -2.34. The number of rotatable bonds is 2. The highest BCUT2D eigenvalue weighted by Crippen LogP contribution is 2.38. The van der Waals surface area contributed by atoms with E-state index in [1.165, 1.54) is 12.8 Å². The van der Waals surface area contributed by atoms with Crippen LogP contribution >= 0.6 is 11.6 Å². The second kappa shape index (κ2) is 4.51. The Bertz CT molecular complexity index is 415. The van der Waals surface area contributed by atoms with Crippen molar-refractivity contribution < 1.29 is 5.11 Å². The summed E-state index contributed by atoms with van der Waals surface area (Å²) in [5.74, 6) is 0. The summed E-state index contributed by atoms with van der Waals surface area (Å²) >= 11 is 6.33. The first kappa shape index (κ1) is 12.7. The van der Waals surface area contributed by atoms with Gasteiger partial charge in [-0.05, 0) is 51.3 Å². The summed E-state index contributed by atoms with van der Waals surface area (Å²) in [4.78, 5) is 2.36. The van der Waals surface area contributed by atoms with Crippen molar-refractivity contribution in [1.82, 2.24) is 0 Å². The first-order valence-corrected chi connectivity index (χ1v) is 6.55. The molecule has 0 bridgehead atoms. The van der Waals surface area contributed by atoms with Crippen LogP contribution in [0.15, 0.2) is 18.2 Å². The zero-order valence-corrected chi connectivity index (χ0v) is 11.5. The second-order valence-electron chi connectivity index (χ2n) is 5.45. The Balaban J connectivity index is 2.34. The maximum absolute atomic E-state index is 9.53. The van der Waals surface area contributed by atoms with Crippen molar-refractivity contribution in [3.8, 4) is 0 Å². The van der Waals surface area contributed by atoms with Crippen molar-refractivity contribution in [2.24, 2.45) is 0 Å². The number of nitrogens with zero attached hydrogens (tertiary/aromatic N) is 1. The Morgan fingerprint density at radius 3 is 2.59 bits per heavy atom. The van der Waals surface area contributed by atoms with Gasteiger partial charge in [0.1, 0.15) is 0 Å². The van der Waals surface area contributed by atoms with Gasteiger partial charge in [0, 0.05) is 12.1 Å². The highest BCUT2D eigenvalue weighted by atomic mass is 35.5. The maximum atomic E-state index is 9.53. The third-order valence-corrected chi connectivity index (χ3v) is 3.95. The topological polar surface area (TPSA) is 23.5 Å². The molecule has 0 saturated carbocycles. The lowest BCUT2D eigenvalue weighted by atomic mass is 10.0. The summed E-state index contributed by atoms with van der Waals surface area (Å²) in [6.07, 6.45) is 1.94. The van der Waals surface area contributed by atoms with E-state index in [1.807, 2.05) is 18.2 Å². The van der Waals surface area contributed by atoms with Gasteiger partial charge in [-0.25, -0.2) is 0 Å². The summed E-state index contributed by atoms with van der Waals surface area (Å²) < 4.78 is 0. The van der Waals surface area contributed by atoms with E-state index < -0.39 is 6.10 Å². The third-order valence-electron chi connectivity index (χ3n) is 3.65. The predicted molar refractivity (Wildman–Crippen MR) is 72.7 cm³/mol. The molecule has 1 N–H and O–H groups in total. The monoisotopic (exact) mass is 253 g/mol. The Morgan fingerprint density at radius 2 is 2.12 bits per heavy atom. The number of aliphatic hydroxyl groups excluding tert-OH is 1. The molecule has 0 radical (unpaired) electrons. The molecular formula is C14H20ClNO. The molecule has 1 aromatic carbocycles. The standard InChI is InChI=1S/C14H20ClNO/c1-10(17)11-5-6-13(12(15)9-11)16-8-4-7-14(16,2)3/h5-6,9-10,17H,4,7-8H2,1-3H3/t10-/m0/s1. The van der Waals surface area contributed by atoms with Crippen molar-refractivity contribution >= 4 is 17.3 Å². The third kappa shape index (κ3) is 2.43. The largest absolute Gasteiger partial charge is 0.389 e. The minimum atomic E-state index is -0.465. The van der Waals surface area contributed by atoms with Gasteiger partial charge < -0.3 is 10.0 Å². The molecule has 1 fully saturated rings. The van der Waals surface area contributed by atoms with Crippen LogP contribution in [0.1, 0.15) is 45.3 Å². The van der Waals surface area contributed by atoms with Gasteiger partial charge in [-0.3, -0.25) is 0 Å². The molecule has 2 nitrogen and oxygen atoms in total. The van der Waals surface area contributed by atoms with Crippen LogP contribution in [0.5, 0.6) is 0 Å². The lowest BCUT2D eigenvalue weighted by Crippen LogP contribution is -2.38. The van der Waals surface area contributed by atoms with E-state index in [-0.39, 0.29) is 5.54 Å². The van der Waals surface area contributed by atoms with E-state index in [4.69, 9.17) is 11.6 Å². The number of hydrogen-bond acceptors (Lipinski definition) is 2. The first-order chi connectivity index (χ1) is 7.92. The molecule has 1 aliphatic heterocycles. The van der Waals surface area contributed by atoms with Gasteiger partial charge in [-0.1, -0.05) is 17.7 Å². The summed E-state index contributed by atoms with van der Waals surface area (Å²) in [6, 6.07) is 5.85. The molecule has 1 heterocycles. The van der Waals surface area contributed by atoms with Crippen LogP contribution in [-0.2, 0) is 0 Å². The van der Waals surface area contributed by atoms with Crippen molar-refractivity contribution in [2.45, 2.75) is 45.3 Å². The fourth-order valence-electron chi connectivity index (χ4n) is 2.56. The quantitative estimate of drug-likeness (QED) is 0.867. The maximum Gasteiger partial charge on any atom is 0.0762 e. The van der Waals surface area contributed by atoms with Crippen LogP contribution in [0, 0.1) is 0 Å². The van der Waals surface area contributed by atoms with Gasteiger partial charge in [0.25, 0.3) is 0 Å². The van der Waals surface area contributed by atoms with Crippen LogP contribution < -0.4 is 4.90 Å². The summed E-state index contributed by atoms with van der Waals surface area (Å²) in [5.41, 5.74) is 2.13. The molecule has 0 spiro atoms. The Hall–Kier alpha value is -0.730. The Morgan fingerprint density at radius 1 is 1.41 bits per heavy atom. The van der Waals surface area contributed by atoms with Crippen LogP contribution in [0.3, 0.4) is 0 Å². The number of aliphatic hydroxyl groups is 1. The van der Waals surface area contributed by atoms with Crippen LogP contribution in [0.25, 0.3) is 0 Å². The highest BCUT2D eigenvalue weighted by Gasteiger charge is 2.32. The Labute approximate surface area is 108 Å². The van der Waals surface area contributed by atoms with E-state index in [2.05, 4.69) is 18.7 Å². The van der Waals surface area contributed by atoms with Crippen LogP contribution in [0.4, 0.5) is 5.69 Å². The molecule has 1 aliphatic rings. The molecule has 1 atom stereocenters.